The Bertz CT molecular complexity index is 702. The van der Waals surface area contributed by atoms with Crippen LogP contribution in [0.4, 0.5) is 10.1 Å². The Morgan fingerprint density at radius 2 is 2.22 bits per heavy atom. The van der Waals surface area contributed by atoms with Gasteiger partial charge in [0.25, 0.3) is 0 Å². The third kappa shape index (κ3) is 3.39. The van der Waals surface area contributed by atoms with E-state index in [0.29, 0.717) is 13.1 Å². The lowest BCUT2D eigenvalue weighted by Gasteiger charge is -2.17. The molecule has 120 valence electrons. The van der Waals surface area contributed by atoms with Gasteiger partial charge in [0.1, 0.15) is 5.82 Å². The zero-order chi connectivity index (χ0) is 16.2. The van der Waals surface area contributed by atoms with E-state index in [1.54, 1.807) is 30.7 Å². The highest BCUT2D eigenvalue weighted by molar-refractivity contribution is 6.00. The maximum absolute atomic E-state index is 13.8. The molecule has 0 radical (unpaired) electrons. The summed E-state index contributed by atoms with van der Waals surface area (Å²) >= 11 is 0. The summed E-state index contributed by atoms with van der Waals surface area (Å²) < 4.78 is 15.7. The van der Waals surface area contributed by atoms with E-state index in [0.717, 1.165) is 0 Å². The molecule has 1 atom stereocenters. The number of nitrogens with zero attached hydrogens (tertiary/aromatic N) is 3. The van der Waals surface area contributed by atoms with Crippen LogP contribution in [0, 0.1) is 11.7 Å². The summed E-state index contributed by atoms with van der Waals surface area (Å²) in [6.45, 7) is 1.28. The molecule has 3 rings (SSSR count). The standard InChI is InChI=1S/C16H17FN4O2/c17-13-3-1-2-4-14(13)21-10-12(9-15(21)22)16(23)19-6-8-20-7-5-18-11-20/h1-5,7,11-12H,6,8-10H2,(H,19,23)/t12-/m0/s1. The van der Waals surface area contributed by atoms with Crippen molar-refractivity contribution < 1.29 is 14.0 Å². The lowest BCUT2D eigenvalue weighted by molar-refractivity contribution is -0.126. The number of rotatable bonds is 5. The van der Waals surface area contributed by atoms with Crippen molar-refractivity contribution in [2.75, 3.05) is 18.0 Å². The van der Waals surface area contributed by atoms with Gasteiger partial charge in [0.2, 0.25) is 11.8 Å². The molecule has 1 aliphatic heterocycles. The molecular formula is C16H17FN4O2. The van der Waals surface area contributed by atoms with Crippen LogP contribution in [0.25, 0.3) is 0 Å². The number of imidazole rings is 1. The number of hydrogen-bond acceptors (Lipinski definition) is 3. The topological polar surface area (TPSA) is 67.2 Å². The van der Waals surface area contributed by atoms with Crippen LogP contribution in [0.2, 0.25) is 0 Å². The molecule has 2 heterocycles. The van der Waals surface area contributed by atoms with E-state index in [9.17, 15) is 14.0 Å². The fourth-order valence-electron chi connectivity index (χ4n) is 2.66. The highest BCUT2D eigenvalue weighted by atomic mass is 19.1. The van der Waals surface area contributed by atoms with Gasteiger partial charge in [-0.05, 0) is 12.1 Å². The largest absolute Gasteiger partial charge is 0.354 e. The number of nitrogens with one attached hydrogen (secondary N) is 1. The molecule has 1 aliphatic rings. The first-order chi connectivity index (χ1) is 11.1. The first-order valence-corrected chi connectivity index (χ1v) is 7.43. The van der Waals surface area contributed by atoms with Crippen LogP contribution in [0.1, 0.15) is 6.42 Å². The molecule has 0 spiro atoms. The van der Waals surface area contributed by atoms with E-state index in [4.69, 9.17) is 0 Å². The number of amides is 2. The number of para-hydroxylation sites is 1. The molecular weight excluding hydrogens is 299 g/mol. The van der Waals surface area contributed by atoms with Crippen molar-refractivity contribution in [3.8, 4) is 0 Å². The minimum absolute atomic E-state index is 0.102. The van der Waals surface area contributed by atoms with Crippen molar-refractivity contribution in [2.24, 2.45) is 5.92 Å². The Kier molecular flexibility index (Phi) is 4.36. The number of carbonyl (C=O) groups excluding carboxylic acids is 2. The van der Waals surface area contributed by atoms with E-state index in [1.165, 1.54) is 11.0 Å². The summed E-state index contributed by atoms with van der Waals surface area (Å²) in [6.07, 6.45) is 5.26. The number of halogens is 1. The second-order valence-electron chi connectivity index (χ2n) is 5.45. The molecule has 7 heteroatoms. The van der Waals surface area contributed by atoms with E-state index >= 15 is 0 Å². The van der Waals surface area contributed by atoms with Crippen molar-refractivity contribution in [1.82, 2.24) is 14.9 Å². The van der Waals surface area contributed by atoms with Crippen molar-refractivity contribution >= 4 is 17.5 Å². The molecule has 1 aromatic heterocycles. The number of benzene rings is 1. The predicted octanol–water partition coefficient (Wildman–Crippen LogP) is 1.19. The van der Waals surface area contributed by atoms with E-state index in [1.807, 2.05) is 10.8 Å². The van der Waals surface area contributed by atoms with Crippen LogP contribution in [0.15, 0.2) is 43.0 Å². The Balaban J connectivity index is 1.56. The third-order valence-corrected chi connectivity index (χ3v) is 3.87. The highest BCUT2D eigenvalue weighted by Gasteiger charge is 2.35. The quantitative estimate of drug-likeness (QED) is 0.901. The molecule has 0 bridgehead atoms. The van der Waals surface area contributed by atoms with Crippen molar-refractivity contribution in [3.63, 3.8) is 0 Å². The Labute approximate surface area is 132 Å². The Hall–Kier alpha value is -2.70. The number of carbonyl (C=O) groups is 2. The van der Waals surface area contributed by atoms with Crippen LogP contribution in [-0.2, 0) is 16.1 Å². The minimum Gasteiger partial charge on any atom is -0.354 e. The van der Waals surface area contributed by atoms with Gasteiger partial charge in [0, 0.05) is 38.4 Å². The molecule has 0 aliphatic carbocycles. The van der Waals surface area contributed by atoms with Gasteiger partial charge in [0.05, 0.1) is 17.9 Å². The molecule has 2 amide bonds. The second kappa shape index (κ2) is 6.60. The van der Waals surface area contributed by atoms with Gasteiger partial charge in [-0.2, -0.15) is 0 Å². The first kappa shape index (κ1) is 15.2. The molecule has 1 N–H and O–H groups in total. The van der Waals surface area contributed by atoms with Gasteiger partial charge < -0.3 is 14.8 Å². The summed E-state index contributed by atoms with van der Waals surface area (Å²) in [4.78, 5) is 29.5. The van der Waals surface area contributed by atoms with Crippen LogP contribution >= 0.6 is 0 Å². The van der Waals surface area contributed by atoms with Crippen molar-refractivity contribution in [3.05, 3.63) is 48.8 Å². The van der Waals surface area contributed by atoms with Gasteiger partial charge in [0.15, 0.2) is 0 Å². The predicted molar refractivity (Wildman–Crippen MR) is 82.1 cm³/mol. The average molecular weight is 316 g/mol. The molecule has 1 aromatic carbocycles. The van der Waals surface area contributed by atoms with Gasteiger partial charge >= 0.3 is 0 Å². The average Bonchev–Trinajstić information content (AvgIpc) is 3.17. The monoisotopic (exact) mass is 316 g/mol. The van der Waals surface area contributed by atoms with Crippen molar-refractivity contribution in [2.45, 2.75) is 13.0 Å². The molecule has 0 saturated carbocycles. The highest BCUT2D eigenvalue weighted by Crippen LogP contribution is 2.27. The maximum Gasteiger partial charge on any atom is 0.227 e. The summed E-state index contributed by atoms with van der Waals surface area (Å²) in [5.41, 5.74) is 0.228. The van der Waals surface area contributed by atoms with E-state index in [-0.39, 0.29) is 30.5 Å². The normalized spacial score (nSPS) is 17.5. The summed E-state index contributed by atoms with van der Waals surface area (Å²) in [5.74, 6) is -1.32. The summed E-state index contributed by atoms with van der Waals surface area (Å²) in [6, 6.07) is 6.09. The molecule has 0 unspecified atom stereocenters. The van der Waals surface area contributed by atoms with Gasteiger partial charge in [-0.15, -0.1) is 0 Å². The molecule has 1 fully saturated rings. The summed E-state index contributed by atoms with van der Waals surface area (Å²) in [7, 11) is 0. The van der Waals surface area contributed by atoms with Crippen LogP contribution in [-0.4, -0.2) is 34.5 Å². The van der Waals surface area contributed by atoms with Crippen molar-refractivity contribution in [1.29, 1.82) is 0 Å². The smallest absolute Gasteiger partial charge is 0.227 e. The third-order valence-electron chi connectivity index (χ3n) is 3.87. The van der Waals surface area contributed by atoms with Gasteiger partial charge in [-0.3, -0.25) is 9.59 Å². The molecule has 23 heavy (non-hydrogen) atoms. The minimum atomic E-state index is -0.456. The van der Waals surface area contributed by atoms with Crippen LogP contribution < -0.4 is 10.2 Å². The zero-order valence-electron chi connectivity index (χ0n) is 12.5. The van der Waals surface area contributed by atoms with Gasteiger partial charge in [-0.25, -0.2) is 9.37 Å². The Morgan fingerprint density at radius 1 is 1.39 bits per heavy atom. The lowest BCUT2D eigenvalue weighted by Crippen LogP contribution is -2.34. The SMILES string of the molecule is O=C(NCCn1ccnc1)[C@H]1CC(=O)N(c2ccccc2F)C1. The first-order valence-electron chi connectivity index (χ1n) is 7.43. The summed E-state index contributed by atoms with van der Waals surface area (Å²) in [5, 5.41) is 2.81. The lowest BCUT2D eigenvalue weighted by atomic mass is 10.1. The maximum atomic E-state index is 13.8. The van der Waals surface area contributed by atoms with Crippen LogP contribution in [0.3, 0.4) is 0 Å². The number of aromatic nitrogens is 2. The van der Waals surface area contributed by atoms with E-state index in [2.05, 4.69) is 10.3 Å². The fourth-order valence-corrected chi connectivity index (χ4v) is 2.66. The number of anilines is 1. The zero-order valence-corrected chi connectivity index (χ0v) is 12.5. The molecule has 2 aromatic rings. The number of hydrogen-bond donors (Lipinski definition) is 1. The van der Waals surface area contributed by atoms with E-state index < -0.39 is 11.7 Å². The Morgan fingerprint density at radius 3 is 2.96 bits per heavy atom. The van der Waals surface area contributed by atoms with Crippen LogP contribution in [0.5, 0.6) is 0 Å². The van der Waals surface area contributed by atoms with Gasteiger partial charge in [-0.1, -0.05) is 12.1 Å². The molecule has 1 saturated heterocycles. The molecule has 6 nitrogen and oxygen atoms in total. The second-order valence-corrected chi connectivity index (χ2v) is 5.45. The fraction of sp³-hybridized carbons (Fsp3) is 0.312.